The van der Waals surface area contributed by atoms with E-state index in [4.69, 9.17) is 0 Å². The summed E-state index contributed by atoms with van der Waals surface area (Å²) in [5.74, 6) is 2.15. The summed E-state index contributed by atoms with van der Waals surface area (Å²) in [6, 6.07) is 4.96. The highest BCUT2D eigenvalue weighted by Gasteiger charge is 2.37. The number of nitrogens with zero attached hydrogens (tertiary/aromatic N) is 3. The third-order valence-electron chi connectivity index (χ3n) is 6.42. The minimum absolute atomic E-state index is 0.147. The van der Waals surface area contributed by atoms with Crippen molar-refractivity contribution in [3.05, 3.63) is 59.3 Å². The molecular formula is C23H24F5N3O2S. The summed E-state index contributed by atoms with van der Waals surface area (Å²) < 4.78 is 78.5. The normalized spacial score (nSPS) is 25.9. The highest BCUT2D eigenvalue weighted by Crippen LogP contribution is 2.34. The van der Waals surface area contributed by atoms with Crippen LogP contribution in [0.2, 0.25) is 0 Å². The van der Waals surface area contributed by atoms with Crippen LogP contribution < -0.4 is 4.90 Å². The van der Waals surface area contributed by atoms with Crippen LogP contribution >= 0.6 is 0 Å². The van der Waals surface area contributed by atoms with E-state index < -0.39 is 38.9 Å². The van der Waals surface area contributed by atoms with Crippen molar-refractivity contribution in [2.24, 2.45) is 5.92 Å². The van der Waals surface area contributed by atoms with E-state index in [1.807, 2.05) is 0 Å². The van der Waals surface area contributed by atoms with Crippen LogP contribution in [-0.4, -0.2) is 57.0 Å². The Morgan fingerprint density at radius 2 is 1.76 bits per heavy atom. The second-order valence-corrected chi connectivity index (χ2v) is 11.5. The van der Waals surface area contributed by atoms with Crippen molar-refractivity contribution in [3.8, 4) is 0 Å². The van der Waals surface area contributed by atoms with Crippen molar-refractivity contribution >= 4 is 27.1 Å². The Balaban J connectivity index is 1.60. The number of amides is 1. The number of hydrogen-bond donors (Lipinski definition) is 0. The molecule has 2 aliphatic heterocycles. The average molecular weight is 502 g/mol. The zero-order valence-corrected chi connectivity index (χ0v) is 19.0. The Morgan fingerprint density at radius 1 is 1.06 bits per heavy atom. The summed E-state index contributed by atoms with van der Waals surface area (Å²) in [4.78, 5) is 20.6. The third kappa shape index (κ3) is 5.18. The van der Waals surface area contributed by atoms with Crippen LogP contribution in [0.1, 0.15) is 30.0 Å². The largest absolute Gasteiger partial charge is 0.417 e. The van der Waals surface area contributed by atoms with Crippen LogP contribution in [0.25, 0.3) is 0 Å². The lowest BCUT2D eigenvalue weighted by atomic mass is 9.96. The molecular weight excluding hydrogens is 477 g/mol. The number of carbonyl (C=O) groups is 1. The molecule has 1 amide bonds. The van der Waals surface area contributed by atoms with Gasteiger partial charge in [-0.3, -0.25) is 9.00 Å². The van der Waals surface area contributed by atoms with Crippen LogP contribution in [0.4, 0.5) is 27.8 Å². The molecule has 2 aromatic rings. The first kappa shape index (κ1) is 24.4. The summed E-state index contributed by atoms with van der Waals surface area (Å²) in [7, 11) is -2.17. The number of carbonyl (C=O) groups excluding carboxylic acids is 1. The number of pyridine rings is 1. The Kier molecular flexibility index (Phi) is 6.58. The van der Waals surface area contributed by atoms with Gasteiger partial charge in [0.25, 0.3) is 0 Å². The Hall–Kier alpha value is -2.69. The number of aromatic nitrogens is 1. The quantitative estimate of drug-likeness (QED) is 0.473. The van der Waals surface area contributed by atoms with E-state index in [0.29, 0.717) is 42.3 Å². The Labute approximate surface area is 194 Å². The highest BCUT2D eigenvalue weighted by molar-refractivity contribution is 8.00. The van der Waals surface area contributed by atoms with Crippen LogP contribution in [0.3, 0.4) is 0 Å². The zero-order chi connectivity index (χ0) is 24.7. The summed E-state index contributed by atoms with van der Waals surface area (Å²) in [6.45, 7) is 0.679. The van der Waals surface area contributed by atoms with Crippen molar-refractivity contribution in [3.63, 3.8) is 0 Å². The molecule has 4 rings (SSSR count). The first-order chi connectivity index (χ1) is 15.9. The van der Waals surface area contributed by atoms with Gasteiger partial charge in [-0.25, -0.2) is 13.8 Å². The molecule has 0 saturated carbocycles. The van der Waals surface area contributed by atoms with Crippen LogP contribution in [-0.2, 0) is 20.5 Å². The molecule has 0 N–H and O–H groups in total. The fourth-order valence-corrected chi connectivity index (χ4v) is 6.07. The summed E-state index contributed by atoms with van der Waals surface area (Å²) in [5.41, 5.74) is -0.498. The second kappa shape index (κ2) is 9.16. The summed E-state index contributed by atoms with van der Waals surface area (Å²) in [5, 5.41) is 0. The summed E-state index contributed by atoms with van der Waals surface area (Å²) >= 11 is 0. The van der Waals surface area contributed by atoms with E-state index in [0.717, 1.165) is 24.4 Å². The topological polar surface area (TPSA) is 53.5 Å². The van der Waals surface area contributed by atoms with E-state index in [-0.39, 0.29) is 24.9 Å². The van der Waals surface area contributed by atoms with E-state index in [1.165, 1.54) is 12.1 Å². The van der Waals surface area contributed by atoms with Gasteiger partial charge in [-0.1, -0.05) is 6.07 Å². The maximum absolute atomic E-state index is 14.0. The monoisotopic (exact) mass is 501 g/mol. The van der Waals surface area contributed by atoms with Gasteiger partial charge in [0.15, 0.2) is 11.6 Å². The Morgan fingerprint density at radius 3 is 2.35 bits per heavy atom. The lowest BCUT2D eigenvalue weighted by molar-refractivity contribution is -0.139. The van der Waals surface area contributed by atoms with E-state index in [9.17, 15) is 31.0 Å². The van der Waals surface area contributed by atoms with Crippen molar-refractivity contribution < 1.29 is 31.0 Å². The maximum Gasteiger partial charge on any atom is 0.417 e. The first-order valence-corrected chi connectivity index (χ1v) is 12.9. The average Bonchev–Trinajstić information content (AvgIpc) is 2.79. The lowest BCUT2D eigenvalue weighted by Gasteiger charge is -2.44. The molecule has 34 heavy (non-hydrogen) atoms. The fourth-order valence-electron chi connectivity index (χ4n) is 4.44. The molecule has 1 aromatic carbocycles. The van der Waals surface area contributed by atoms with Gasteiger partial charge >= 0.3 is 6.18 Å². The number of halogens is 5. The zero-order valence-electron chi connectivity index (χ0n) is 18.2. The van der Waals surface area contributed by atoms with Gasteiger partial charge in [0.2, 0.25) is 5.91 Å². The molecule has 11 heteroatoms. The number of rotatable bonds is 3. The molecule has 5 nitrogen and oxygen atoms in total. The van der Waals surface area contributed by atoms with Gasteiger partial charge in [-0.2, -0.15) is 13.2 Å². The smallest absolute Gasteiger partial charge is 0.352 e. The molecule has 1 aromatic heterocycles. The number of hydrogen-bond acceptors (Lipinski definition) is 4. The lowest BCUT2D eigenvalue weighted by Crippen LogP contribution is -2.53. The standard InChI is InChI=1S/C23H24F5N3O2S/c1-34(33)10-6-15(7-11-34)22(32)31-9-8-30(21-5-3-17(13-29-21)23(26,27)28)14-20(31)16-2-4-18(24)19(25)12-16/h2-5,12-13,15,20H,1,6-11,14H2. The molecule has 3 heterocycles. The number of alkyl halides is 3. The molecule has 2 saturated heterocycles. The molecule has 0 radical (unpaired) electrons. The molecule has 0 spiro atoms. The molecule has 1 unspecified atom stereocenters. The minimum Gasteiger partial charge on any atom is -0.352 e. The van der Waals surface area contributed by atoms with Gasteiger partial charge in [0.05, 0.1) is 11.6 Å². The van der Waals surface area contributed by atoms with Crippen LogP contribution in [0.5, 0.6) is 0 Å². The van der Waals surface area contributed by atoms with Crippen molar-refractivity contribution in [1.82, 2.24) is 9.88 Å². The Bertz CT molecular complexity index is 1150. The van der Waals surface area contributed by atoms with Crippen LogP contribution in [0.15, 0.2) is 36.5 Å². The molecule has 0 aliphatic carbocycles. The van der Waals surface area contributed by atoms with Crippen molar-refractivity contribution in [2.45, 2.75) is 25.1 Å². The van der Waals surface area contributed by atoms with Gasteiger partial charge in [-0.15, -0.1) is 0 Å². The van der Waals surface area contributed by atoms with Gasteiger partial charge < -0.3 is 9.80 Å². The van der Waals surface area contributed by atoms with Gasteiger partial charge in [0.1, 0.15) is 5.82 Å². The molecule has 2 fully saturated rings. The minimum atomic E-state index is -4.51. The molecule has 184 valence electrons. The first-order valence-electron chi connectivity index (χ1n) is 10.8. The predicted octanol–water partition coefficient (Wildman–Crippen LogP) is 3.89. The van der Waals surface area contributed by atoms with E-state index >= 15 is 0 Å². The maximum atomic E-state index is 14.0. The van der Waals surface area contributed by atoms with Crippen molar-refractivity contribution in [2.75, 3.05) is 36.0 Å². The van der Waals surface area contributed by atoms with Crippen LogP contribution in [0, 0.1) is 17.6 Å². The molecule has 2 aliphatic rings. The SMILES string of the molecule is C=S1(=O)CCC(C(=O)N2CCN(c3ccc(C(F)(F)F)cn3)CC2c2ccc(F)c(F)c2)CC1. The van der Waals surface area contributed by atoms with E-state index in [1.54, 1.807) is 9.80 Å². The number of anilines is 1. The number of benzene rings is 1. The molecule has 0 bridgehead atoms. The van der Waals surface area contributed by atoms with Gasteiger partial charge in [-0.05, 0) is 58.1 Å². The predicted molar refractivity (Wildman–Crippen MR) is 120 cm³/mol. The summed E-state index contributed by atoms with van der Waals surface area (Å²) in [6.07, 6.45) is -2.89. The number of piperazine rings is 1. The third-order valence-corrected chi connectivity index (χ3v) is 8.38. The fraction of sp³-hybridized carbons (Fsp3) is 0.435. The highest BCUT2D eigenvalue weighted by atomic mass is 32.2. The van der Waals surface area contributed by atoms with Gasteiger partial charge in [0, 0.05) is 43.3 Å². The van der Waals surface area contributed by atoms with E-state index in [2.05, 4.69) is 10.9 Å². The molecule has 1 atom stereocenters. The second-order valence-electron chi connectivity index (χ2n) is 8.72. The van der Waals surface area contributed by atoms with Crippen molar-refractivity contribution in [1.29, 1.82) is 0 Å².